The minimum absolute atomic E-state index is 0.0983. The molecule has 3 heteroatoms. The van der Waals surface area contributed by atoms with Crippen LogP contribution in [0.5, 0.6) is 0 Å². The highest BCUT2D eigenvalue weighted by Gasteiger charge is 2.29. The molecule has 1 heterocycles. The third-order valence-electron chi connectivity index (χ3n) is 5.07. The monoisotopic (exact) mass is 358 g/mol. The molecular formula is C24H22O3. The van der Waals surface area contributed by atoms with Crippen molar-refractivity contribution in [2.45, 2.75) is 33.1 Å². The van der Waals surface area contributed by atoms with Gasteiger partial charge in [-0.15, -0.1) is 0 Å². The van der Waals surface area contributed by atoms with E-state index < -0.39 is 0 Å². The third kappa shape index (κ3) is 3.61. The van der Waals surface area contributed by atoms with Crippen LogP contribution in [-0.4, -0.2) is 12.6 Å². The molecule has 3 nitrogen and oxygen atoms in total. The summed E-state index contributed by atoms with van der Waals surface area (Å²) in [5.74, 6) is 7.17. The predicted octanol–water partition coefficient (Wildman–Crippen LogP) is 4.81. The summed E-state index contributed by atoms with van der Waals surface area (Å²) in [5.41, 5.74) is 5.29. The quantitative estimate of drug-likeness (QED) is 0.487. The maximum absolute atomic E-state index is 12.0. The van der Waals surface area contributed by atoms with Crippen molar-refractivity contribution in [2.75, 3.05) is 6.61 Å². The number of furan rings is 1. The first-order valence-corrected chi connectivity index (χ1v) is 9.43. The minimum atomic E-state index is -0.117. The van der Waals surface area contributed by atoms with Crippen LogP contribution in [0.3, 0.4) is 0 Å². The van der Waals surface area contributed by atoms with Gasteiger partial charge < -0.3 is 9.15 Å². The molecule has 0 saturated carbocycles. The number of aryl methyl sites for hydroxylation is 2. The molecule has 0 bridgehead atoms. The number of hydrogen-bond acceptors (Lipinski definition) is 3. The van der Waals surface area contributed by atoms with Gasteiger partial charge in [0.05, 0.1) is 12.5 Å². The van der Waals surface area contributed by atoms with E-state index in [9.17, 15) is 4.79 Å². The van der Waals surface area contributed by atoms with Crippen LogP contribution in [0, 0.1) is 24.7 Å². The largest absolute Gasteiger partial charge is 0.466 e. The van der Waals surface area contributed by atoms with Gasteiger partial charge >= 0.3 is 5.97 Å². The van der Waals surface area contributed by atoms with Crippen LogP contribution in [0.2, 0.25) is 0 Å². The van der Waals surface area contributed by atoms with Crippen LogP contribution in [0.4, 0.5) is 0 Å². The molecule has 0 spiro atoms. The first-order valence-electron chi connectivity index (χ1n) is 9.43. The minimum Gasteiger partial charge on any atom is -0.466 e. The Kier molecular flexibility index (Phi) is 4.73. The molecule has 0 aliphatic heterocycles. The van der Waals surface area contributed by atoms with Gasteiger partial charge in [0.15, 0.2) is 0 Å². The highest BCUT2D eigenvalue weighted by atomic mass is 16.5. The highest BCUT2D eigenvalue weighted by Crippen LogP contribution is 2.35. The van der Waals surface area contributed by atoms with Crippen molar-refractivity contribution in [1.82, 2.24) is 0 Å². The second-order valence-electron chi connectivity index (χ2n) is 7.02. The fourth-order valence-electron chi connectivity index (χ4n) is 3.60. The summed E-state index contributed by atoms with van der Waals surface area (Å²) in [7, 11) is 0. The first kappa shape index (κ1) is 17.4. The number of hydrogen-bond donors (Lipinski definition) is 0. The fourth-order valence-corrected chi connectivity index (χ4v) is 3.60. The summed E-state index contributed by atoms with van der Waals surface area (Å²) in [6.07, 6.45) is 2.26. The average molecular weight is 358 g/mol. The molecule has 27 heavy (non-hydrogen) atoms. The van der Waals surface area contributed by atoms with Gasteiger partial charge in [-0.1, -0.05) is 29.5 Å². The zero-order chi connectivity index (χ0) is 18.8. The van der Waals surface area contributed by atoms with E-state index in [1.807, 2.05) is 31.2 Å². The van der Waals surface area contributed by atoms with Crippen molar-refractivity contribution in [3.8, 4) is 11.8 Å². The second-order valence-corrected chi connectivity index (χ2v) is 7.02. The van der Waals surface area contributed by atoms with Crippen LogP contribution in [0.1, 0.15) is 41.4 Å². The molecule has 136 valence electrons. The van der Waals surface area contributed by atoms with Gasteiger partial charge in [-0.25, -0.2) is 0 Å². The molecule has 3 aromatic rings. The van der Waals surface area contributed by atoms with Crippen LogP contribution in [-0.2, 0) is 22.4 Å². The summed E-state index contributed by atoms with van der Waals surface area (Å²) < 4.78 is 11.2. The molecular weight excluding hydrogens is 336 g/mol. The van der Waals surface area contributed by atoms with Crippen molar-refractivity contribution in [3.05, 3.63) is 70.5 Å². The Morgan fingerprint density at radius 1 is 1.15 bits per heavy atom. The summed E-state index contributed by atoms with van der Waals surface area (Å²) in [6, 6.07) is 14.3. The van der Waals surface area contributed by atoms with Gasteiger partial charge in [0.25, 0.3) is 0 Å². The standard InChI is InChI=1S/C24H22O3/c1-3-26-24(25)19-11-12-20-21-14-18(10-13-22(21)27-23(20)15-19)9-8-17-6-4-16(2)5-7-17/h4-7,10,13-14,19H,3,11-12,15H2,1-2H3. The summed E-state index contributed by atoms with van der Waals surface area (Å²) in [6.45, 7) is 4.33. The lowest BCUT2D eigenvalue weighted by atomic mass is 9.87. The van der Waals surface area contributed by atoms with E-state index in [-0.39, 0.29) is 11.9 Å². The summed E-state index contributed by atoms with van der Waals surface area (Å²) >= 11 is 0. The number of esters is 1. The fraction of sp³-hybridized carbons (Fsp3) is 0.292. The average Bonchev–Trinajstić information content (AvgIpc) is 3.05. The second kappa shape index (κ2) is 7.32. The lowest BCUT2D eigenvalue weighted by molar-refractivity contribution is -0.148. The van der Waals surface area contributed by atoms with Crippen LogP contribution >= 0.6 is 0 Å². The zero-order valence-corrected chi connectivity index (χ0v) is 15.7. The summed E-state index contributed by atoms with van der Waals surface area (Å²) in [4.78, 5) is 12.0. The number of rotatable bonds is 2. The van der Waals surface area contributed by atoms with E-state index in [2.05, 4.69) is 37.0 Å². The Bertz CT molecular complexity index is 1040. The zero-order valence-electron chi connectivity index (χ0n) is 15.7. The van der Waals surface area contributed by atoms with Crippen LogP contribution < -0.4 is 0 Å². The molecule has 0 fully saturated rings. The van der Waals surface area contributed by atoms with Crippen LogP contribution in [0.15, 0.2) is 46.9 Å². The van der Waals surface area contributed by atoms with E-state index >= 15 is 0 Å². The predicted molar refractivity (Wildman–Crippen MR) is 106 cm³/mol. The number of fused-ring (bicyclic) bond motifs is 3. The van der Waals surface area contributed by atoms with Gasteiger partial charge in [0.1, 0.15) is 11.3 Å². The van der Waals surface area contributed by atoms with E-state index in [1.165, 1.54) is 11.1 Å². The van der Waals surface area contributed by atoms with Crippen molar-refractivity contribution in [3.63, 3.8) is 0 Å². The van der Waals surface area contributed by atoms with E-state index in [4.69, 9.17) is 9.15 Å². The smallest absolute Gasteiger partial charge is 0.309 e. The highest BCUT2D eigenvalue weighted by molar-refractivity contribution is 5.85. The number of benzene rings is 2. The molecule has 1 aliphatic carbocycles. The molecule has 1 aromatic heterocycles. The van der Waals surface area contributed by atoms with E-state index in [0.717, 1.165) is 40.7 Å². The van der Waals surface area contributed by atoms with Crippen molar-refractivity contribution in [1.29, 1.82) is 0 Å². The van der Waals surface area contributed by atoms with E-state index in [1.54, 1.807) is 0 Å². The molecule has 0 N–H and O–H groups in total. The molecule has 4 rings (SSSR count). The normalized spacial score (nSPS) is 15.7. The molecule has 1 unspecified atom stereocenters. The number of carbonyl (C=O) groups is 1. The van der Waals surface area contributed by atoms with Gasteiger partial charge in [0, 0.05) is 28.5 Å². The Morgan fingerprint density at radius 3 is 2.67 bits per heavy atom. The van der Waals surface area contributed by atoms with Gasteiger partial charge in [-0.05, 0) is 57.0 Å². The van der Waals surface area contributed by atoms with Crippen molar-refractivity contribution < 1.29 is 13.9 Å². The SMILES string of the molecule is CCOC(=O)C1CCc2c(oc3ccc(C#Cc4ccc(C)cc4)cc23)C1. The molecule has 0 amide bonds. The molecule has 2 aromatic carbocycles. The van der Waals surface area contributed by atoms with Crippen molar-refractivity contribution in [2.24, 2.45) is 5.92 Å². The van der Waals surface area contributed by atoms with Gasteiger partial charge in [0.2, 0.25) is 0 Å². The number of carbonyl (C=O) groups excluding carboxylic acids is 1. The maximum Gasteiger partial charge on any atom is 0.309 e. The Morgan fingerprint density at radius 2 is 1.89 bits per heavy atom. The third-order valence-corrected chi connectivity index (χ3v) is 5.07. The first-order chi connectivity index (χ1) is 13.1. The van der Waals surface area contributed by atoms with Crippen LogP contribution in [0.25, 0.3) is 11.0 Å². The Labute approximate surface area is 159 Å². The van der Waals surface area contributed by atoms with Gasteiger partial charge in [-0.2, -0.15) is 0 Å². The number of ether oxygens (including phenoxy) is 1. The molecule has 1 atom stereocenters. The topological polar surface area (TPSA) is 39.4 Å². The molecule has 0 radical (unpaired) electrons. The summed E-state index contributed by atoms with van der Waals surface area (Å²) in [5, 5.41) is 1.11. The maximum atomic E-state index is 12.0. The Balaban J connectivity index is 1.61. The lowest BCUT2D eigenvalue weighted by Crippen LogP contribution is -2.24. The van der Waals surface area contributed by atoms with Crippen molar-refractivity contribution >= 4 is 16.9 Å². The Hall–Kier alpha value is -2.99. The molecule has 1 aliphatic rings. The molecule has 0 saturated heterocycles. The van der Waals surface area contributed by atoms with E-state index in [0.29, 0.717) is 13.0 Å². The van der Waals surface area contributed by atoms with Gasteiger partial charge in [-0.3, -0.25) is 4.79 Å². The lowest BCUT2D eigenvalue weighted by Gasteiger charge is -2.19.